The minimum Gasteiger partial charge on any atom is -0.508 e. The van der Waals surface area contributed by atoms with E-state index in [9.17, 15) is 104 Å². The van der Waals surface area contributed by atoms with Crippen molar-refractivity contribution in [3.8, 4) is 57.1 Å². The summed E-state index contributed by atoms with van der Waals surface area (Å²) < 4.78 is 85.2. The predicted octanol–water partition coefficient (Wildman–Crippen LogP) is 0.155. The summed E-state index contributed by atoms with van der Waals surface area (Å²) in [6.07, 6.45) is -28.3. The smallest absolute Gasteiger partial charge is 0.413 e. The molecule has 0 aromatic heterocycles. The number of esters is 1. The maximum Gasteiger partial charge on any atom is 0.413 e. The number of fused-ring (bicyclic) bond motifs is 15. The van der Waals surface area contributed by atoms with Gasteiger partial charge in [0.05, 0.1) is 47.5 Å². The summed E-state index contributed by atoms with van der Waals surface area (Å²) in [6.45, 7) is 6.60. The van der Waals surface area contributed by atoms with Gasteiger partial charge in [0.1, 0.15) is 95.5 Å². The molecular formula is C79H98Cl2N10O36P2. The maximum absolute atomic E-state index is 16.5. The van der Waals surface area contributed by atoms with Crippen LogP contribution in [0, 0.1) is 5.92 Å². The first-order chi connectivity index (χ1) is 60.2. The number of primary amides is 1. The lowest BCUT2D eigenvalue weighted by Gasteiger charge is -2.47. The lowest BCUT2D eigenvalue weighted by atomic mass is 9.86. The second-order valence-electron chi connectivity index (χ2n) is 32.8. The van der Waals surface area contributed by atoms with Crippen LogP contribution in [0.2, 0.25) is 10.0 Å². The minimum absolute atomic E-state index is 0.214. The molecule has 26 N–H and O–H groups in total. The molecule has 0 saturated carbocycles. The Morgan fingerprint density at radius 3 is 1.78 bits per heavy atom. The quantitative estimate of drug-likeness (QED) is 0.0249. The van der Waals surface area contributed by atoms with Gasteiger partial charge in [-0.3, -0.25) is 52.4 Å². The zero-order valence-electron chi connectivity index (χ0n) is 69.4. The number of likely N-dealkylation sites (N-methyl/N-ethyl adjacent to an activating group) is 1. The van der Waals surface area contributed by atoms with Gasteiger partial charge in [-0.05, 0) is 123 Å². The van der Waals surface area contributed by atoms with Crippen molar-refractivity contribution in [2.45, 2.75) is 219 Å². The standard InChI is InChI=1S/C79H98Cl2N10O36P2/c1-29(2)16-42(91(7)77(111)119-28-118-51(97)14-15-54(128(112,113)114)129(115,116)117)70(104)89-59-61(98)33-9-12-45(39(80)18-33)122-47-20-35-21-48(65(47)127-76-66(63(100)62(99)49(27-92)124-76)126-53-26-79(6,84)68(102)31(4)121-53)123-46-13-10-34(19-40(46)81)64(125-52-25-78(5,83)67(101)30(3)120-52)60-74(108)88-58(75(109)110)38-22-36(93)23-44(95)55(38)37-17-32(8-11-43(37)94)56(71(105)90-60)87-72(106)57(35)86-69(103)41(24-50(82)96)85-73(59)107/h8-13,17-23,29-31,41-42,49,52-54,56-64,66-68,76,92-95,98-102H,14-16,24-28,83-84H2,1-7H3,(H2,82,96)(H,85,107)(H,86,103)(H,87,106)(H,88,108)(H,89,104)(H,90,105)(H,109,110)(H2,112,113,114)(H2,115,116,117)/t30-,31-,41-,42+,49+,52-,53-,56+,57+,58-,59+,60-,61+,62+,63-,64+,66+,67-,68-,76-,78-,79-/m0/s1. The van der Waals surface area contributed by atoms with Crippen LogP contribution < -0.4 is 63.3 Å². The first kappa shape index (κ1) is 99.3. The number of phenolic OH excluding ortho intramolecular Hbond substituents is 3. The number of aliphatic hydroxyl groups is 6. The van der Waals surface area contributed by atoms with Crippen molar-refractivity contribution in [3.63, 3.8) is 0 Å². The van der Waals surface area contributed by atoms with Gasteiger partial charge >= 0.3 is 33.2 Å². The molecule has 5 aromatic rings. The number of benzene rings is 5. The largest absolute Gasteiger partial charge is 0.508 e. The molecule has 5 aromatic carbocycles. The van der Waals surface area contributed by atoms with Crippen molar-refractivity contribution >= 4 is 97.8 Å². The van der Waals surface area contributed by atoms with E-state index in [0.29, 0.717) is 4.90 Å². The van der Waals surface area contributed by atoms with E-state index in [1.807, 2.05) is 0 Å². The van der Waals surface area contributed by atoms with Gasteiger partial charge < -0.3 is 167 Å². The van der Waals surface area contributed by atoms with E-state index >= 15 is 24.0 Å². The summed E-state index contributed by atoms with van der Waals surface area (Å²) in [5.41, 5.74) is 12.6. The average Bonchev–Trinajstić information content (AvgIpc) is 0.765. The fraction of sp³-hybridized carbons (Fsp3) is 0.494. The van der Waals surface area contributed by atoms with Crippen LogP contribution in [0.5, 0.6) is 46.0 Å². The van der Waals surface area contributed by atoms with Crippen LogP contribution in [0.1, 0.15) is 138 Å². The molecule has 0 aliphatic carbocycles. The number of aliphatic hydroxyl groups excluding tert-OH is 6. The first-order valence-electron chi connectivity index (χ1n) is 39.8. The van der Waals surface area contributed by atoms with Crippen LogP contribution in [0.3, 0.4) is 0 Å². The Balaban J connectivity index is 1.12. The SMILES string of the molecule is CC(C)C[C@H](C(=O)N[C@H]1C(=O)N[C@@H](CC(N)=O)C(=O)N[C@H]2C(=O)N[C@H]3C(=O)N[C@H](C(=O)N[C@H](C(=O)O)c4cc(O)cc(O)c4-c4cc3ccc4O)[C@H](O[C@H]3C[C@](C)(N)[C@@H](O)[C@H](C)O3)c3ccc(c(Cl)c3)Oc3cc2cc(c3O[C@@H]2O[C@H](CO)[C@@H](O)[C@H](O)[C@H]2O[C@H]2C[C@](C)(N)[C@@H](O)[C@H](C)O2)Oc2ccc(cc2Cl)[C@H]1O)N(C)C(=O)OCOC(=O)CCC(P(=O)(O)O)P(=O)(O)O. The second-order valence-corrected chi connectivity index (χ2v) is 37.6. The fourth-order valence-electron chi connectivity index (χ4n) is 15.5. The zero-order valence-corrected chi connectivity index (χ0v) is 72.7. The molecule has 8 aliphatic rings. The Labute approximate surface area is 742 Å². The molecule has 22 atom stereocenters. The van der Waals surface area contributed by atoms with Crippen molar-refractivity contribution in [2.75, 3.05) is 20.4 Å². The number of aromatic hydroxyl groups is 3. The summed E-state index contributed by atoms with van der Waals surface area (Å²) in [5, 5.41) is 126. The maximum atomic E-state index is 16.5. The summed E-state index contributed by atoms with van der Waals surface area (Å²) in [7, 11) is -9.99. The van der Waals surface area contributed by atoms with E-state index in [-0.39, 0.29) is 24.0 Å². The number of ether oxygens (including phenoxy) is 10. The highest BCUT2D eigenvalue weighted by Gasteiger charge is 2.53. The first-order valence-corrected chi connectivity index (χ1v) is 43.9. The number of hydrogen-bond acceptors (Lipinski definition) is 33. The normalized spacial score (nSPS) is 29.4. The third-order valence-corrected chi connectivity index (χ3v) is 26.8. The zero-order chi connectivity index (χ0) is 95.0. The Hall–Kier alpha value is -10.2. The molecule has 0 unspecified atom stereocenters. The number of carboxylic acid groups (broad SMARTS) is 1. The van der Waals surface area contributed by atoms with Crippen LogP contribution in [0.15, 0.2) is 78.9 Å². The lowest BCUT2D eigenvalue weighted by Crippen LogP contribution is -2.64. The van der Waals surface area contributed by atoms with Gasteiger partial charge in [0, 0.05) is 60.1 Å². The highest BCUT2D eigenvalue weighted by molar-refractivity contribution is 7.70. The van der Waals surface area contributed by atoms with Crippen molar-refractivity contribution in [3.05, 3.63) is 117 Å². The van der Waals surface area contributed by atoms with Crippen LogP contribution in [0.4, 0.5) is 4.79 Å². The number of amides is 8. The molecule has 8 aliphatic heterocycles. The predicted molar refractivity (Wildman–Crippen MR) is 439 cm³/mol. The average molecular weight is 1900 g/mol. The number of nitrogens with one attached hydrogen (secondary N) is 6. The Morgan fingerprint density at radius 2 is 1.22 bits per heavy atom. The number of rotatable bonds is 22. The summed E-state index contributed by atoms with van der Waals surface area (Å²) in [4.78, 5) is 187. The van der Waals surface area contributed by atoms with E-state index in [1.54, 1.807) is 13.8 Å². The highest BCUT2D eigenvalue weighted by Crippen LogP contribution is 2.62. The van der Waals surface area contributed by atoms with E-state index in [2.05, 4.69) is 31.9 Å². The van der Waals surface area contributed by atoms with Gasteiger partial charge in [-0.2, -0.15) is 0 Å². The lowest BCUT2D eigenvalue weighted by molar-refractivity contribution is -0.333. The molecule has 3 saturated heterocycles. The minimum atomic E-state index is -5.49. The van der Waals surface area contributed by atoms with Crippen molar-refractivity contribution in [2.24, 2.45) is 23.1 Å². The van der Waals surface area contributed by atoms with Crippen LogP contribution in [-0.2, 0) is 85.4 Å². The highest BCUT2D eigenvalue weighted by atomic mass is 35.5. The van der Waals surface area contributed by atoms with Gasteiger partial charge in [-0.1, -0.05) is 55.2 Å². The molecule has 11 bridgehead atoms. The van der Waals surface area contributed by atoms with E-state index in [4.69, 9.17) is 87.8 Å². The van der Waals surface area contributed by atoms with Crippen molar-refractivity contribution in [1.82, 2.24) is 36.8 Å². The molecular weight excluding hydrogens is 1800 g/mol. The summed E-state index contributed by atoms with van der Waals surface area (Å²) in [5.74, 6) is -19.9. The topological polar surface area (TPSA) is 734 Å². The molecule has 0 spiro atoms. The summed E-state index contributed by atoms with van der Waals surface area (Å²) in [6, 6.07) is -3.18. The van der Waals surface area contributed by atoms with Crippen LogP contribution in [-0.4, -0.2) is 264 Å². The van der Waals surface area contributed by atoms with Gasteiger partial charge in [0.2, 0.25) is 60.2 Å². The molecule has 46 nitrogen and oxygen atoms in total. The molecule has 8 heterocycles. The van der Waals surface area contributed by atoms with Crippen LogP contribution >= 0.6 is 38.4 Å². The third kappa shape index (κ3) is 22.7. The van der Waals surface area contributed by atoms with E-state index in [1.165, 1.54) is 33.8 Å². The van der Waals surface area contributed by atoms with Gasteiger partial charge in [-0.25, -0.2) is 9.59 Å². The molecule has 0 radical (unpaired) electrons. The molecule has 3 fully saturated rings. The number of carbonyl (C=O) groups excluding carboxylic acids is 9. The van der Waals surface area contributed by atoms with Crippen molar-refractivity contribution in [1.29, 1.82) is 0 Å². The number of nitrogens with zero attached hydrogens (tertiary/aromatic N) is 1. The third-order valence-electron chi connectivity index (χ3n) is 22.3. The molecule has 50 heteroatoms. The number of phenols is 3. The fourth-order valence-corrected chi connectivity index (χ4v) is 18.5. The monoisotopic (exact) mass is 1890 g/mol. The van der Waals surface area contributed by atoms with E-state index in [0.717, 1.165) is 79.8 Å². The number of nitrogens with two attached hydrogens (primary N) is 3. The van der Waals surface area contributed by atoms with Crippen molar-refractivity contribution < 1.29 is 175 Å². The number of carbonyl (C=O) groups is 10. The molecule has 13 rings (SSSR count). The second kappa shape index (κ2) is 39.8. The van der Waals surface area contributed by atoms with Gasteiger partial charge in [0.15, 0.2) is 41.6 Å². The Bertz CT molecular complexity index is 5220. The van der Waals surface area contributed by atoms with Crippen LogP contribution in [0.25, 0.3) is 11.1 Å². The molecule has 129 heavy (non-hydrogen) atoms. The number of halogens is 2. The number of hydrogen-bond donors (Lipinski definition) is 23. The summed E-state index contributed by atoms with van der Waals surface area (Å²) >= 11 is 14.5. The Morgan fingerprint density at radius 1 is 0.659 bits per heavy atom. The molecule has 704 valence electrons. The number of carboxylic acids is 1. The Kier molecular flexibility index (Phi) is 30.7. The van der Waals surface area contributed by atoms with E-state index < -0.39 is 342 Å². The molecule has 8 amide bonds. The van der Waals surface area contributed by atoms with Gasteiger partial charge in [0.25, 0.3) is 0 Å². The van der Waals surface area contributed by atoms with Gasteiger partial charge in [-0.15, -0.1) is 0 Å². The number of aliphatic carboxylic acids is 1.